The second kappa shape index (κ2) is 5.94. The number of benzene rings is 1. The quantitative estimate of drug-likeness (QED) is 0.940. The summed E-state index contributed by atoms with van der Waals surface area (Å²) in [5.41, 5.74) is 4.14. The molecule has 1 atom stereocenters. The van der Waals surface area contributed by atoms with Crippen LogP contribution in [0.4, 0.5) is 5.13 Å². The van der Waals surface area contributed by atoms with Crippen molar-refractivity contribution >= 4 is 16.5 Å². The minimum absolute atomic E-state index is 0.323. The molecule has 3 rings (SSSR count). The van der Waals surface area contributed by atoms with E-state index in [1.165, 1.54) is 11.1 Å². The molecule has 1 N–H and O–H groups in total. The fraction of sp³-hybridized carbons (Fsp3) is 0.438. The standard InChI is InChI=1S/C16H21N3S/c1-12(17-2)15-11-20-16(18-15)19-9-7-13-5-3-4-6-14(13)8-10-19/h3-6,11-12,17H,7-10H2,1-2H3. The molecule has 1 aromatic carbocycles. The van der Waals surface area contributed by atoms with E-state index >= 15 is 0 Å². The van der Waals surface area contributed by atoms with Crippen LogP contribution in [0.5, 0.6) is 0 Å². The average Bonchev–Trinajstić information content (AvgIpc) is 2.87. The Balaban J connectivity index is 1.75. The lowest BCUT2D eigenvalue weighted by molar-refractivity contribution is 0.635. The first-order chi connectivity index (χ1) is 9.78. The summed E-state index contributed by atoms with van der Waals surface area (Å²) in [7, 11) is 1.98. The molecule has 0 bridgehead atoms. The van der Waals surface area contributed by atoms with Crippen LogP contribution in [0.2, 0.25) is 0 Å². The fourth-order valence-corrected chi connectivity index (χ4v) is 3.60. The molecule has 1 unspecified atom stereocenters. The van der Waals surface area contributed by atoms with Gasteiger partial charge in [0.15, 0.2) is 5.13 Å². The fourth-order valence-electron chi connectivity index (χ4n) is 2.63. The molecule has 3 nitrogen and oxygen atoms in total. The van der Waals surface area contributed by atoms with Crippen LogP contribution in [0.15, 0.2) is 29.6 Å². The minimum Gasteiger partial charge on any atom is -0.347 e. The summed E-state index contributed by atoms with van der Waals surface area (Å²) >= 11 is 1.76. The normalized spacial score (nSPS) is 16.6. The van der Waals surface area contributed by atoms with Crippen molar-refractivity contribution < 1.29 is 0 Å². The van der Waals surface area contributed by atoms with Crippen molar-refractivity contribution in [3.63, 3.8) is 0 Å². The lowest BCUT2D eigenvalue weighted by Gasteiger charge is -2.18. The van der Waals surface area contributed by atoms with Crippen LogP contribution in [0, 0.1) is 0 Å². The molecule has 0 aliphatic carbocycles. The maximum Gasteiger partial charge on any atom is 0.185 e. The van der Waals surface area contributed by atoms with Crippen LogP contribution < -0.4 is 10.2 Å². The first kappa shape index (κ1) is 13.6. The molecule has 4 heteroatoms. The van der Waals surface area contributed by atoms with Crippen molar-refractivity contribution in [1.29, 1.82) is 0 Å². The molecule has 0 amide bonds. The molecular weight excluding hydrogens is 266 g/mol. The number of fused-ring (bicyclic) bond motifs is 1. The Morgan fingerprint density at radius 2 is 1.85 bits per heavy atom. The highest BCUT2D eigenvalue weighted by Gasteiger charge is 2.17. The smallest absolute Gasteiger partial charge is 0.185 e. The summed E-state index contributed by atoms with van der Waals surface area (Å²) in [6.45, 7) is 4.28. The van der Waals surface area contributed by atoms with Gasteiger partial charge in [-0.25, -0.2) is 4.98 Å². The molecule has 1 aliphatic rings. The molecule has 0 saturated heterocycles. The highest BCUT2D eigenvalue weighted by atomic mass is 32.1. The zero-order valence-corrected chi connectivity index (χ0v) is 12.9. The lowest BCUT2D eigenvalue weighted by atomic mass is 10.0. The molecule has 20 heavy (non-hydrogen) atoms. The monoisotopic (exact) mass is 287 g/mol. The average molecular weight is 287 g/mol. The zero-order valence-electron chi connectivity index (χ0n) is 12.1. The van der Waals surface area contributed by atoms with E-state index in [9.17, 15) is 0 Å². The Morgan fingerprint density at radius 1 is 1.20 bits per heavy atom. The lowest BCUT2D eigenvalue weighted by Crippen LogP contribution is -2.26. The van der Waals surface area contributed by atoms with E-state index in [1.54, 1.807) is 11.3 Å². The highest BCUT2D eigenvalue weighted by Crippen LogP contribution is 2.26. The maximum atomic E-state index is 4.79. The largest absolute Gasteiger partial charge is 0.347 e. The van der Waals surface area contributed by atoms with Crippen LogP contribution in [0.1, 0.15) is 29.8 Å². The number of rotatable bonds is 3. The van der Waals surface area contributed by atoms with E-state index < -0.39 is 0 Å². The third-order valence-corrected chi connectivity index (χ3v) is 5.00. The van der Waals surface area contributed by atoms with E-state index in [0.717, 1.165) is 36.8 Å². The van der Waals surface area contributed by atoms with Gasteiger partial charge >= 0.3 is 0 Å². The summed E-state index contributed by atoms with van der Waals surface area (Å²) < 4.78 is 0. The van der Waals surface area contributed by atoms with Crippen LogP contribution >= 0.6 is 11.3 Å². The second-order valence-electron chi connectivity index (χ2n) is 5.32. The summed E-state index contributed by atoms with van der Waals surface area (Å²) in [4.78, 5) is 7.22. The van der Waals surface area contributed by atoms with E-state index in [2.05, 4.69) is 46.8 Å². The number of hydrogen-bond donors (Lipinski definition) is 1. The van der Waals surface area contributed by atoms with Gasteiger partial charge in [0.1, 0.15) is 0 Å². The summed E-state index contributed by atoms with van der Waals surface area (Å²) in [5.74, 6) is 0. The van der Waals surface area contributed by atoms with E-state index in [1.807, 2.05) is 7.05 Å². The Morgan fingerprint density at radius 3 is 2.45 bits per heavy atom. The molecule has 1 aromatic heterocycles. The molecular formula is C16H21N3S. The maximum absolute atomic E-state index is 4.79. The Kier molecular flexibility index (Phi) is 4.03. The Bertz CT molecular complexity index is 552. The molecule has 106 valence electrons. The van der Waals surface area contributed by atoms with Gasteiger partial charge in [0.25, 0.3) is 0 Å². The van der Waals surface area contributed by atoms with Crippen LogP contribution in [-0.2, 0) is 12.8 Å². The predicted octanol–water partition coefficient (Wildman–Crippen LogP) is 3.03. The van der Waals surface area contributed by atoms with E-state index in [0.29, 0.717) is 6.04 Å². The van der Waals surface area contributed by atoms with E-state index in [4.69, 9.17) is 4.98 Å². The molecule has 0 spiro atoms. The van der Waals surface area contributed by atoms with Crippen molar-refractivity contribution in [2.75, 3.05) is 25.0 Å². The third kappa shape index (κ3) is 2.72. The number of nitrogens with one attached hydrogen (secondary N) is 1. The van der Waals surface area contributed by atoms with Crippen LogP contribution in [-0.4, -0.2) is 25.1 Å². The second-order valence-corrected chi connectivity index (χ2v) is 6.16. The molecule has 2 heterocycles. The van der Waals surface area contributed by atoms with Gasteiger partial charge in [0.05, 0.1) is 5.69 Å². The van der Waals surface area contributed by atoms with Gasteiger partial charge in [-0.1, -0.05) is 24.3 Å². The number of nitrogens with zero attached hydrogens (tertiary/aromatic N) is 2. The third-order valence-electron chi connectivity index (χ3n) is 4.08. The zero-order chi connectivity index (χ0) is 13.9. The van der Waals surface area contributed by atoms with Gasteiger partial charge < -0.3 is 10.2 Å². The van der Waals surface area contributed by atoms with Crippen molar-refractivity contribution in [3.05, 3.63) is 46.5 Å². The van der Waals surface area contributed by atoms with Crippen LogP contribution in [0.3, 0.4) is 0 Å². The molecule has 0 saturated carbocycles. The van der Waals surface area contributed by atoms with Crippen molar-refractivity contribution in [2.24, 2.45) is 0 Å². The Labute approximate surface area is 124 Å². The van der Waals surface area contributed by atoms with Crippen molar-refractivity contribution in [1.82, 2.24) is 10.3 Å². The van der Waals surface area contributed by atoms with Crippen LogP contribution in [0.25, 0.3) is 0 Å². The molecule has 0 fully saturated rings. The summed E-state index contributed by atoms with van der Waals surface area (Å²) in [5, 5.41) is 6.59. The van der Waals surface area contributed by atoms with E-state index in [-0.39, 0.29) is 0 Å². The number of anilines is 1. The number of thiazole rings is 1. The van der Waals surface area contributed by atoms with Gasteiger partial charge in [-0.3, -0.25) is 0 Å². The molecule has 1 aliphatic heterocycles. The van der Waals surface area contributed by atoms with Gasteiger partial charge in [-0.2, -0.15) is 0 Å². The summed E-state index contributed by atoms with van der Waals surface area (Å²) in [6.07, 6.45) is 2.24. The Hall–Kier alpha value is -1.39. The number of hydrogen-bond acceptors (Lipinski definition) is 4. The first-order valence-corrected chi connectivity index (χ1v) is 8.10. The molecule has 0 radical (unpaired) electrons. The van der Waals surface area contributed by atoms with Gasteiger partial charge in [-0.05, 0) is 37.9 Å². The highest BCUT2D eigenvalue weighted by molar-refractivity contribution is 7.13. The topological polar surface area (TPSA) is 28.2 Å². The van der Waals surface area contributed by atoms with Crippen molar-refractivity contribution in [2.45, 2.75) is 25.8 Å². The van der Waals surface area contributed by atoms with Gasteiger partial charge in [0, 0.05) is 24.5 Å². The van der Waals surface area contributed by atoms with Gasteiger partial charge in [0.2, 0.25) is 0 Å². The molecule has 2 aromatic rings. The van der Waals surface area contributed by atoms with Crippen molar-refractivity contribution in [3.8, 4) is 0 Å². The number of aromatic nitrogens is 1. The first-order valence-electron chi connectivity index (χ1n) is 7.22. The SMILES string of the molecule is CNC(C)c1csc(N2CCc3ccccc3CC2)n1. The summed E-state index contributed by atoms with van der Waals surface area (Å²) in [6, 6.07) is 9.13. The van der Waals surface area contributed by atoms with Gasteiger partial charge in [-0.15, -0.1) is 11.3 Å². The minimum atomic E-state index is 0.323. The predicted molar refractivity (Wildman–Crippen MR) is 85.7 cm³/mol.